The molecule has 1 saturated heterocycles. The molecule has 0 unspecified atom stereocenters. The van der Waals surface area contributed by atoms with E-state index in [1.54, 1.807) is 0 Å². The summed E-state index contributed by atoms with van der Waals surface area (Å²) < 4.78 is 4.85. The van der Waals surface area contributed by atoms with Gasteiger partial charge in [-0.05, 0) is 39.8 Å². The lowest BCUT2D eigenvalue weighted by atomic mass is 9.90. The molecule has 0 spiro atoms. The summed E-state index contributed by atoms with van der Waals surface area (Å²) in [5.41, 5.74) is 2.12. The van der Waals surface area contributed by atoms with Crippen LogP contribution in [0.4, 0.5) is 0 Å². The number of aryl methyl sites for hydroxylation is 2. The molecule has 0 saturated carbocycles. The van der Waals surface area contributed by atoms with Crippen LogP contribution in [-0.2, 0) is 4.74 Å². The number of nitrogens with zero attached hydrogens (tertiary/aromatic N) is 2. The molecule has 0 atom stereocenters. The molecular formula is C13H19N3O2. The van der Waals surface area contributed by atoms with E-state index in [1.165, 1.54) is 7.11 Å². The summed E-state index contributed by atoms with van der Waals surface area (Å²) in [5.74, 6) is 0.704. The van der Waals surface area contributed by atoms with Gasteiger partial charge in [-0.2, -0.15) is 0 Å². The SMILES string of the molecule is COC(=O)c1c(C)nc(C)nc1C1CCNCC1. The molecule has 18 heavy (non-hydrogen) atoms. The summed E-state index contributed by atoms with van der Waals surface area (Å²) >= 11 is 0. The Bertz CT molecular complexity index is 454. The summed E-state index contributed by atoms with van der Waals surface area (Å²) in [6.07, 6.45) is 2.00. The van der Waals surface area contributed by atoms with Gasteiger partial charge in [-0.1, -0.05) is 0 Å². The van der Waals surface area contributed by atoms with Crippen LogP contribution in [0.3, 0.4) is 0 Å². The molecule has 1 aliphatic rings. The number of nitrogens with one attached hydrogen (secondary N) is 1. The lowest BCUT2D eigenvalue weighted by Crippen LogP contribution is -2.28. The Labute approximate surface area is 107 Å². The lowest BCUT2D eigenvalue weighted by molar-refractivity contribution is 0.0596. The first-order valence-corrected chi connectivity index (χ1v) is 6.27. The van der Waals surface area contributed by atoms with Gasteiger partial charge in [0.25, 0.3) is 0 Å². The van der Waals surface area contributed by atoms with Crippen LogP contribution in [0, 0.1) is 13.8 Å². The van der Waals surface area contributed by atoms with Crippen molar-refractivity contribution in [3.63, 3.8) is 0 Å². The Morgan fingerprint density at radius 1 is 1.28 bits per heavy atom. The second-order valence-corrected chi connectivity index (χ2v) is 4.63. The zero-order chi connectivity index (χ0) is 13.1. The molecule has 2 rings (SSSR count). The fraction of sp³-hybridized carbons (Fsp3) is 0.615. The first-order chi connectivity index (χ1) is 8.63. The maximum absolute atomic E-state index is 11.9. The summed E-state index contributed by atoms with van der Waals surface area (Å²) in [4.78, 5) is 20.6. The Morgan fingerprint density at radius 2 is 1.94 bits per heavy atom. The summed E-state index contributed by atoms with van der Waals surface area (Å²) in [5, 5.41) is 3.32. The lowest BCUT2D eigenvalue weighted by Gasteiger charge is -2.24. The van der Waals surface area contributed by atoms with Gasteiger partial charge in [-0.25, -0.2) is 14.8 Å². The quantitative estimate of drug-likeness (QED) is 0.801. The summed E-state index contributed by atoms with van der Waals surface area (Å²) in [6.45, 7) is 5.63. The number of rotatable bonds is 2. The minimum atomic E-state index is -0.332. The van der Waals surface area contributed by atoms with Crippen molar-refractivity contribution in [3.05, 3.63) is 22.8 Å². The number of piperidine rings is 1. The first-order valence-electron chi connectivity index (χ1n) is 6.27. The monoisotopic (exact) mass is 249 g/mol. The van der Waals surface area contributed by atoms with Gasteiger partial charge in [-0.15, -0.1) is 0 Å². The largest absolute Gasteiger partial charge is 0.465 e. The summed E-state index contributed by atoms with van der Waals surface area (Å²) in [6, 6.07) is 0. The number of carbonyl (C=O) groups excluding carboxylic acids is 1. The van der Waals surface area contributed by atoms with E-state index in [9.17, 15) is 4.79 Å². The molecule has 1 fully saturated rings. The van der Waals surface area contributed by atoms with Crippen LogP contribution in [0.1, 0.15) is 46.3 Å². The van der Waals surface area contributed by atoms with Gasteiger partial charge in [0.1, 0.15) is 11.4 Å². The van der Waals surface area contributed by atoms with E-state index in [1.807, 2.05) is 13.8 Å². The molecular weight excluding hydrogens is 230 g/mol. The highest BCUT2D eigenvalue weighted by Crippen LogP contribution is 2.28. The third-order valence-electron chi connectivity index (χ3n) is 3.35. The topological polar surface area (TPSA) is 64.1 Å². The van der Waals surface area contributed by atoms with Crippen LogP contribution < -0.4 is 5.32 Å². The van der Waals surface area contributed by atoms with Crippen molar-refractivity contribution in [2.45, 2.75) is 32.6 Å². The van der Waals surface area contributed by atoms with Gasteiger partial charge in [-0.3, -0.25) is 0 Å². The molecule has 98 valence electrons. The molecule has 0 aromatic carbocycles. The van der Waals surface area contributed by atoms with Crippen molar-refractivity contribution in [2.75, 3.05) is 20.2 Å². The minimum Gasteiger partial charge on any atom is -0.465 e. The van der Waals surface area contributed by atoms with Crippen molar-refractivity contribution in [2.24, 2.45) is 0 Å². The van der Waals surface area contributed by atoms with Crippen molar-refractivity contribution >= 4 is 5.97 Å². The average molecular weight is 249 g/mol. The highest BCUT2D eigenvalue weighted by atomic mass is 16.5. The van der Waals surface area contributed by atoms with Crippen LogP contribution in [0.2, 0.25) is 0 Å². The molecule has 0 bridgehead atoms. The number of hydrogen-bond donors (Lipinski definition) is 1. The molecule has 2 heterocycles. The maximum Gasteiger partial charge on any atom is 0.341 e. The maximum atomic E-state index is 11.9. The van der Waals surface area contributed by atoms with Crippen LogP contribution >= 0.6 is 0 Å². The molecule has 0 radical (unpaired) electrons. The van der Waals surface area contributed by atoms with Crippen molar-refractivity contribution in [1.29, 1.82) is 0 Å². The van der Waals surface area contributed by atoms with Gasteiger partial charge < -0.3 is 10.1 Å². The number of carbonyl (C=O) groups is 1. The Balaban J connectivity index is 2.45. The number of aromatic nitrogens is 2. The van der Waals surface area contributed by atoms with Gasteiger partial charge in [0.15, 0.2) is 0 Å². The van der Waals surface area contributed by atoms with Gasteiger partial charge in [0.05, 0.1) is 18.5 Å². The third kappa shape index (κ3) is 2.51. The molecule has 0 aliphatic carbocycles. The van der Waals surface area contributed by atoms with E-state index in [2.05, 4.69) is 15.3 Å². The second-order valence-electron chi connectivity index (χ2n) is 4.63. The van der Waals surface area contributed by atoms with E-state index in [0.717, 1.165) is 31.6 Å². The second kappa shape index (κ2) is 5.44. The Kier molecular flexibility index (Phi) is 3.91. The fourth-order valence-corrected chi connectivity index (χ4v) is 2.48. The van der Waals surface area contributed by atoms with Crippen molar-refractivity contribution in [1.82, 2.24) is 15.3 Å². The third-order valence-corrected chi connectivity index (χ3v) is 3.35. The standard InChI is InChI=1S/C13H19N3O2/c1-8-11(13(17)18-3)12(16-9(2)15-8)10-4-6-14-7-5-10/h10,14H,4-7H2,1-3H3. The molecule has 1 N–H and O–H groups in total. The number of hydrogen-bond acceptors (Lipinski definition) is 5. The van der Waals surface area contributed by atoms with Gasteiger partial charge >= 0.3 is 5.97 Å². The molecule has 0 amide bonds. The first kappa shape index (κ1) is 13.0. The van der Waals surface area contributed by atoms with E-state index in [-0.39, 0.29) is 5.97 Å². The molecule has 5 nitrogen and oxygen atoms in total. The van der Waals surface area contributed by atoms with Gasteiger partial charge in [0, 0.05) is 5.92 Å². The normalized spacial score (nSPS) is 16.6. The summed E-state index contributed by atoms with van der Waals surface area (Å²) in [7, 11) is 1.40. The Morgan fingerprint density at radius 3 is 2.56 bits per heavy atom. The average Bonchev–Trinajstić information content (AvgIpc) is 2.38. The van der Waals surface area contributed by atoms with E-state index in [4.69, 9.17) is 4.74 Å². The predicted molar refractivity (Wildman–Crippen MR) is 67.7 cm³/mol. The molecule has 1 aromatic rings. The minimum absolute atomic E-state index is 0.320. The van der Waals surface area contributed by atoms with Crippen molar-refractivity contribution < 1.29 is 9.53 Å². The van der Waals surface area contributed by atoms with E-state index in [0.29, 0.717) is 23.0 Å². The smallest absolute Gasteiger partial charge is 0.341 e. The number of esters is 1. The van der Waals surface area contributed by atoms with E-state index >= 15 is 0 Å². The molecule has 5 heteroatoms. The molecule has 1 aromatic heterocycles. The molecule has 1 aliphatic heterocycles. The van der Waals surface area contributed by atoms with Crippen LogP contribution in [0.15, 0.2) is 0 Å². The van der Waals surface area contributed by atoms with Crippen LogP contribution in [0.25, 0.3) is 0 Å². The van der Waals surface area contributed by atoms with E-state index < -0.39 is 0 Å². The fourth-order valence-electron chi connectivity index (χ4n) is 2.48. The van der Waals surface area contributed by atoms with Crippen molar-refractivity contribution in [3.8, 4) is 0 Å². The van der Waals surface area contributed by atoms with Crippen LogP contribution in [-0.4, -0.2) is 36.1 Å². The number of methoxy groups -OCH3 is 1. The zero-order valence-electron chi connectivity index (χ0n) is 11.1. The highest BCUT2D eigenvalue weighted by molar-refractivity contribution is 5.91. The highest BCUT2D eigenvalue weighted by Gasteiger charge is 2.25. The zero-order valence-corrected chi connectivity index (χ0v) is 11.1. The van der Waals surface area contributed by atoms with Gasteiger partial charge in [0.2, 0.25) is 0 Å². The Hall–Kier alpha value is -1.49. The number of ether oxygens (including phenoxy) is 1. The predicted octanol–water partition coefficient (Wildman–Crippen LogP) is 1.35. The van der Waals surface area contributed by atoms with Crippen LogP contribution in [0.5, 0.6) is 0 Å².